The van der Waals surface area contributed by atoms with E-state index in [0.29, 0.717) is 5.41 Å². The molecule has 0 aliphatic heterocycles. The predicted octanol–water partition coefficient (Wildman–Crippen LogP) is 9.46. The second kappa shape index (κ2) is 17.8. The maximum Gasteiger partial charge on any atom is -0.0354 e. The first-order valence-electron chi connectivity index (χ1n) is 11.6. The molecule has 0 rings (SSSR count). The van der Waals surface area contributed by atoms with Crippen LogP contribution in [0, 0.1) is 5.41 Å². The minimum atomic E-state index is 0.587. The number of rotatable bonds is 19. The molecule has 0 aliphatic carbocycles. The highest BCUT2D eigenvalue weighted by molar-refractivity contribution is 4.68. The average Bonchev–Trinajstić information content (AvgIpc) is 2.55. The molecule has 0 aromatic rings. The molecule has 0 aromatic heterocycles. The van der Waals surface area contributed by atoms with Gasteiger partial charge in [0.1, 0.15) is 0 Å². The molecule has 0 N–H and O–H groups in total. The van der Waals surface area contributed by atoms with Gasteiger partial charge in [-0.05, 0) is 18.3 Å². The number of hydrogen-bond donors (Lipinski definition) is 0. The summed E-state index contributed by atoms with van der Waals surface area (Å²) >= 11 is 0. The van der Waals surface area contributed by atoms with Gasteiger partial charge in [0.05, 0.1) is 0 Å². The van der Waals surface area contributed by atoms with Crippen molar-refractivity contribution >= 4 is 0 Å². The van der Waals surface area contributed by atoms with E-state index in [2.05, 4.69) is 27.7 Å². The van der Waals surface area contributed by atoms with Crippen molar-refractivity contribution < 1.29 is 0 Å². The van der Waals surface area contributed by atoms with Crippen LogP contribution in [0.1, 0.15) is 150 Å². The Balaban J connectivity index is 3.31. The molecule has 0 saturated carbocycles. The SMILES string of the molecule is CCCCCCCCCCCCC(C)(C)CCCCCCCCC. The largest absolute Gasteiger partial charge is 0.0654 e. The van der Waals surface area contributed by atoms with Crippen LogP contribution in [0.15, 0.2) is 0 Å². The lowest BCUT2D eigenvalue weighted by molar-refractivity contribution is 0.282. The lowest BCUT2D eigenvalue weighted by Gasteiger charge is -2.24. The molecule has 0 nitrogen and oxygen atoms in total. The lowest BCUT2D eigenvalue weighted by Crippen LogP contribution is -2.11. The van der Waals surface area contributed by atoms with Crippen LogP contribution >= 0.6 is 0 Å². The van der Waals surface area contributed by atoms with Gasteiger partial charge in [0.25, 0.3) is 0 Å². The smallest absolute Gasteiger partial charge is 0.0354 e. The Morgan fingerprint density at radius 2 is 0.625 bits per heavy atom. The minimum absolute atomic E-state index is 0.587. The van der Waals surface area contributed by atoms with Crippen molar-refractivity contribution in [3.05, 3.63) is 0 Å². The van der Waals surface area contributed by atoms with Gasteiger partial charge in [-0.3, -0.25) is 0 Å². The Morgan fingerprint density at radius 1 is 0.375 bits per heavy atom. The molecule has 0 aromatic carbocycles. The summed E-state index contributed by atoms with van der Waals surface area (Å²) in [4.78, 5) is 0. The van der Waals surface area contributed by atoms with Crippen LogP contribution in [0.2, 0.25) is 0 Å². The highest BCUT2D eigenvalue weighted by atomic mass is 14.2. The molecule has 0 atom stereocenters. The standard InChI is InChI=1S/C24H50/c1-5-7-9-11-13-14-15-17-19-21-23-24(3,4)22-20-18-16-12-10-8-6-2/h5-23H2,1-4H3. The van der Waals surface area contributed by atoms with Gasteiger partial charge in [-0.15, -0.1) is 0 Å². The van der Waals surface area contributed by atoms with Crippen LogP contribution in [0.25, 0.3) is 0 Å². The normalized spacial score (nSPS) is 12.0. The molecule has 0 radical (unpaired) electrons. The van der Waals surface area contributed by atoms with Crippen LogP contribution in [-0.4, -0.2) is 0 Å². The van der Waals surface area contributed by atoms with Gasteiger partial charge in [-0.25, -0.2) is 0 Å². The van der Waals surface area contributed by atoms with E-state index in [-0.39, 0.29) is 0 Å². The zero-order valence-electron chi connectivity index (χ0n) is 17.9. The molecule has 0 amide bonds. The fourth-order valence-corrected chi connectivity index (χ4v) is 3.78. The first kappa shape index (κ1) is 24.0. The molecule has 0 spiro atoms. The van der Waals surface area contributed by atoms with E-state index in [9.17, 15) is 0 Å². The summed E-state index contributed by atoms with van der Waals surface area (Å²) in [5.41, 5.74) is 0.587. The van der Waals surface area contributed by atoms with Crippen molar-refractivity contribution in [3.8, 4) is 0 Å². The second-order valence-electron chi connectivity index (χ2n) is 8.97. The van der Waals surface area contributed by atoms with Gasteiger partial charge in [0.2, 0.25) is 0 Å². The van der Waals surface area contributed by atoms with Crippen LogP contribution in [0.3, 0.4) is 0 Å². The van der Waals surface area contributed by atoms with E-state index < -0.39 is 0 Å². The summed E-state index contributed by atoms with van der Waals surface area (Å²) in [6.07, 6.45) is 27.6. The molecular formula is C24H50. The summed E-state index contributed by atoms with van der Waals surface area (Å²) in [6.45, 7) is 9.60. The quantitative estimate of drug-likeness (QED) is 0.206. The number of hydrogen-bond acceptors (Lipinski definition) is 0. The van der Waals surface area contributed by atoms with Crippen molar-refractivity contribution in [2.45, 2.75) is 150 Å². The molecule has 0 heterocycles. The Bertz CT molecular complexity index is 228. The van der Waals surface area contributed by atoms with E-state index in [1.807, 2.05) is 0 Å². The van der Waals surface area contributed by atoms with Crippen LogP contribution in [0.5, 0.6) is 0 Å². The lowest BCUT2D eigenvalue weighted by atomic mass is 9.82. The number of unbranched alkanes of at least 4 members (excludes halogenated alkanes) is 15. The van der Waals surface area contributed by atoms with Crippen molar-refractivity contribution in [1.29, 1.82) is 0 Å². The average molecular weight is 339 g/mol. The predicted molar refractivity (Wildman–Crippen MR) is 113 cm³/mol. The van der Waals surface area contributed by atoms with Crippen molar-refractivity contribution in [2.75, 3.05) is 0 Å². The van der Waals surface area contributed by atoms with Crippen LogP contribution in [-0.2, 0) is 0 Å². The summed E-state index contributed by atoms with van der Waals surface area (Å²) in [5.74, 6) is 0. The maximum atomic E-state index is 2.50. The fourth-order valence-electron chi connectivity index (χ4n) is 3.78. The molecule has 24 heavy (non-hydrogen) atoms. The van der Waals surface area contributed by atoms with Crippen molar-refractivity contribution in [3.63, 3.8) is 0 Å². The van der Waals surface area contributed by atoms with Gasteiger partial charge < -0.3 is 0 Å². The van der Waals surface area contributed by atoms with E-state index in [0.717, 1.165) is 0 Å². The summed E-state index contributed by atoms with van der Waals surface area (Å²) in [6, 6.07) is 0. The third-order valence-corrected chi connectivity index (χ3v) is 5.66. The van der Waals surface area contributed by atoms with E-state index in [1.54, 1.807) is 0 Å². The van der Waals surface area contributed by atoms with Gasteiger partial charge in [-0.1, -0.05) is 137 Å². The Labute approximate surface area is 155 Å². The van der Waals surface area contributed by atoms with Gasteiger partial charge in [0, 0.05) is 0 Å². The molecule has 0 aliphatic rings. The summed E-state index contributed by atoms with van der Waals surface area (Å²) in [5, 5.41) is 0. The summed E-state index contributed by atoms with van der Waals surface area (Å²) in [7, 11) is 0. The topological polar surface area (TPSA) is 0 Å². The first-order chi connectivity index (χ1) is 11.6. The van der Waals surface area contributed by atoms with Crippen LogP contribution < -0.4 is 0 Å². The molecule has 0 fully saturated rings. The minimum Gasteiger partial charge on any atom is -0.0654 e. The second-order valence-corrected chi connectivity index (χ2v) is 8.97. The third kappa shape index (κ3) is 18.3. The molecule has 0 heteroatoms. The first-order valence-corrected chi connectivity index (χ1v) is 11.6. The fraction of sp³-hybridized carbons (Fsp3) is 1.00. The molecule has 146 valence electrons. The molecule has 0 saturated heterocycles. The highest BCUT2D eigenvalue weighted by Crippen LogP contribution is 2.30. The Hall–Kier alpha value is 0. The van der Waals surface area contributed by atoms with Gasteiger partial charge >= 0.3 is 0 Å². The third-order valence-electron chi connectivity index (χ3n) is 5.66. The monoisotopic (exact) mass is 338 g/mol. The molecular weight excluding hydrogens is 288 g/mol. The Morgan fingerprint density at radius 3 is 0.917 bits per heavy atom. The molecule has 0 bridgehead atoms. The van der Waals surface area contributed by atoms with Crippen LogP contribution in [0.4, 0.5) is 0 Å². The van der Waals surface area contributed by atoms with E-state index in [1.165, 1.54) is 122 Å². The van der Waals surface area contributed by atoms with E-state index in [4.69, 9.17) is 0 Å². The zero-order valence-corrected chi connectivity index (χ0v) is 17.9. The maximum absolute atomic E-state index is 2.50. The van der Waals surface area contributed by atoms with Crippen molar-refractivity contribution in [1.82, 2.24) is 0 Å². The zero-order chi connectivity index (χ0) is 17.9. The summed E-state index contributed by atoms with van der Waals surface area (Å²) < 4.78 is 0. The highest BCUT2D eigenvalue weighted by Gasteiger charge is 2.16. The van der Waals surface area contributed by atoms with Crippen molar-refractivity contribution in [2.24, 2.45) is 5.41 Å². The van der Waals surface area contributed by atoms with Gasteiger partial charge in [0.15, 0.2) is 0 Å². The molecule has 0 unspecified atom stereocenters. The Kier molecular flexibility index (Phi) is 17.8. The van der Waals surface area contributed by atoms with Gasteiger partial charge in [-0.2, -0.15) is 0 Å². The van der Waals surface area contributed by atoms with E-state index >= 15 is 0 Å².